The zero-order valence-corrected chi connectivity index (χ0v) is 8.68. The lowest BCUT2D eigenvalue weighted by molar-refractivity contribution is -0.129. The van der Waals surface area contributed by atoms with Crippen LogP contribution in [0, 0.1) is 0 Å². The van der Waals surface area contributed by atoms with Crippen LogP contribution < -0.4 is 5.73 Å². The van der Waals surface area contributed by atoms with E-state index in [4.69, 9.17) is 5.73 Å². The first-order chi connectivity index (χ1) is 6.09. The first-order valence-electron chi connectivity index (χ1n) is 4.43. The summed E-state index contributed by atoms with van der Waals surface area (Å²) in [6.45, 7) is 1.42. The summed E-state index contributed by atoms with van der Waals surface area (Å²) in [6, 6.07) is 0.135. The van der Waals surface area contributed by atoms with Gasteiger partial charge in [0, 0.05) is 48.4 Å². The molecule has 13 heavy (non-hydrogen) atoms. The molecule has 4 nitrogen and oxygen atoms in total. The minimum absolute atomic E-state index is 0.0863. The van der Waals surface area contributed by atoms with Crippen molar-refractivity contribution in [3.63, 3.8) is 0 Å². The van der Waals surface area contributed by atoms with E-state index in [9.17, 15) is 9.00 Å². The lowest BCUT2D eigenvalue weighted by Crippen LogP contribution is -2.32. The highest BCUT2D eigenvalue weighted by Crippen LogP contribution is 2.08. The van der Waals surface area contributed by atoms with Crippen molar-refractivity contribution in [3.05, 3.63) is 0 Å². The second-order valence-corrected chi connectivity index (χ2v) is 4.97. The van der Waals surface area contributed by atoms with Gasteiger partial charge in [-0.05, 0) is 6.42 Å². The molecule has 1 aliphatic heterocycles. The van der Waals surface area contributed by atoms with Crippen LogP contribution >= 0.6 is 0 Å². The van der Waals surface area contributed by atoms with Gasteiger partial charge in [-0.15, -0.1) is 0 Å². The molecule has 0 radical (unpaired) electrons. The number of carbonyl (C=O) groups excluding carboxylic acids is 1. The molecule has 2 N–H and O–H groups in total. The lowest BCUT2D eigenvalue weighted by Gasteiger charge is -2.14. The number of carbonyl (C=O) groups is 1. The number of amides is 1. The van der Waals surface area contributed by atoms with Crippen LogP contribution in [0.5, 0.6) is 0 Å². The molecule has 0 spiro atoms. The summed E-state index contributed by atoms with van der Waals surface area (Å²) in [5.41, 5.74) is 5.66. The van der Waals surface area contributed by atoms with Crippen molar-refractivity contribution in [2.75, 3.05) is 25.1 Å². The third kappa shape index (κ3) is 3.44. The number of rotatable bonds is 3. The van der Waals surface area contributed by atoms with Gasteiger partial charge in [0.15, 0.2) is 0 Å². The van der Waals surface area contributed by atoms with E-state index in [-0.39, 0.29) is 11.9 Å². The Morgan fingerprint density at radius 1 is 1.69 bits per heavy atom. The second kappa shape index (κ2) is 4.72. The summed E-state index contributed by atoms with van der Waals surface area (Å²) in [6.07, 6.45) is 2.89. The highest BCUT2D eigenvalue weighted by atomic mass is 32.2. The van der Waals surface area contributed by atoms with Crippen molar-refractivity contribution in [1.82, 2.24) is 4.90 Å². The number of hydrogen-bond donors (Lipinski definition) is 1. The van der Waals surface area contributed by atoms with Crippen molar-refractivity contribution in [2.45, 2.75) is 18.9 Å². The molecule has 1 aliphatic rings. The Kier molecular flexibility index (Phi) is 3.87. The average Bonchev–Trinajstić information content (AvgIpc) is 2.47. The first-order valence-corrected chi connectivity index (χ1v) is 6.15. The van der Waals surface area contributed by atoms with Crippen LogP contribution in [-0.4, -0.2) is 46.2 Å². The van der Waals surface area contributed by atoms with Crippen LogP contribution in [0.15, 0.2) is 0 Å². The molecule has 76 valence electrons. The minimum Gasteiger partial charge on any atom is -0.341 e. The molecule has 2 unspecified atom stereocenters. The molecule has 1 fully saturated rings. The van der Waals surface area contributed by atoms with E-state index >= 15 is 0 Å². The van der Waals surface area contributed by atoms with Crippen molar-refractivity contribution in [3.8, 4) is 0 Å². The fraction of sp³-hybridized carbons (Fsp3) is 0.875. The van der Waals surface area contributed by atoms with Gasteiger partial charge in [0.2, 0.25) is 5.91 Å². The fourth-order valence-electron chi connectivity index (χ4n) is 1.40. The van der Waals surface area contributed by atoms with E-state index in [0.29, 0.717) is 18.7 Å². The smallest absolute Gasteiger partial charge is 0.223 e. The molecule has 1 saturated heterocycles. The lowest BCUT2D eigenvalue weighted by atomic mass is 10.3. The van der Waals surface area contributed by atoms with Gasteiger partial charge in [-0.3, -0.25) is 9.00 Å². The monoisotopic (exact) mass is 204 g/mol. The van der Waals surface area contributed by atoms with Crippen molar-refractivity contribution >= 4 is 16.7 Å². The maximum atomic E-state index is 11.4. The molecule has 0 aliphatic carbocycles. The standard InChI is InChI=1S/C8H16N2O2S/c1-13(12)5-3-8(11)10-4-2-7(9)6-10/h7H,2-6,9H2,1H3. The van der Waals surface area contributed by atoms with Gasteiger partial charge in [0.25, 0.3) is 0 Å². The molecule has 2 atom stereocenters. The van der Waals surface area contributed by atoms with Crippen LogP contribution in [-0.2, 0) is 15.6 Å². The molecule has 0 aromatic carbocycles. The highest BCUT2D eigenvalue weighted by Gasteiger charge is 2.22. The molecule has 1 heterocycles. The van der Waals surface area contributed by atoms with Gasteiger partial charge in [-0.2, -0.15) is 0 Å². The summed E-state index contributed by atoms with van der Waals surface area (Å²) in [4.78, 5) is 13.2. The quantitative estimate of drug-likeness (QED) is 0.662. The van der Waals surface area contributed by atoms with E-state index in [0.717, 1.165) is 13.0 Å². The van der Waals surface area contributed by atoms with E-state index in [2.05, 4.69) is 0 Å². The number of likely N-dealkylation sites (tertiary alicyclic amines) is 1. The molecule has 0 bridgehead atoms. The molecule has 0 saturated carbocycles. The molecule has 0 aromatic rings. The predicted molar refractivity (Wildman–Crippen MR) is 52.7 cm³/mol. The van der Waals surface area contributed by atoms with Crippen LogP contribution in [0.1, 0.15) is 12.8 Å². The number of hydrogen-bond acceptors (Lipinski definition) is 3. The van der Waals surface area contributed by atoms with Crippen molar-refractivity contribution in [2.24, 2.45) is 5.73 Å². The van der Waals surface area contributed by atoms with Crippen LogP contribution in [0.4, 0.5) is 0 Å². The van der Waals surface area contributed by atoms with Gasteiger partial charge in [0.1, 0.15) is 0 Å². The number of nitrogens with zero attached hydrogens (tertiary/aromatic N) is 1. The second-order valence-electron chi connectivity index (χ2n) is 3.42. The van der Waals surface area contributed by atoms with Gasteiger partial charge in [-0.25, -0.2) is 0 Å². The molecule has 0 aromatic heterocycles. The summed E-state index contributed by atoms with van der Waals surface area (Å²) in [5, 5.41) is 0. The van der Waals surface area contributed by atoms with Crippen molar-refractivity contribution in [1.29, 1.82) is 0 Å². The third-order valence-corrected chi connectivity index (χ3v) is 2.96. The molecule has 1 amide bonds. The Morgan fingerprint density at radius 2 is 2.38 bits per heavy atom. The summed E-state index contributed by atoms with van der Waals surface area (Å²) < 4.78 is 10.7. The minimum atomic E-state index is -0.874. The first kappa shape index (κ1) is 10.7. The average molecular weight is 204 g/mol. The van der Waals surface area contributed by atoms with E-state index in [1.54, 1.807) is 11.2 Å². The Bertz CT molecular complexity index is 220. The van der Waals surface area contributed by atoms with Crippen LogP contribution in [0.25, 0.3) is 0 Å². The van der Waals surface area contributed by atoms with E-state index < -0.39 is 10.8 Å². The topological polar surface area (TPSA) is 63.4 Å². The van der Waals surface area contributed by atoms with Gasteiger partial charge >= 0.3 is 0 Å². The zero-order chi connectivity index (χ0) is 9.84. The Labute approximate surface area is 80.9 Å². The fourth-order valence-corrected chi connectivity index (χ4v) is 1.87. The summed E-state index contributed by atoms with van der Waals surface area (Å²) in [7, 11) is -0.874. The number of nitrogens with two attached hydrogens (primary N) is 1. The van der Waals surface area contributed by atoms with Crippen LogP contribution in [0.2, 0.25) is 0 Å². The Hall–Kier alpha value is -0.420. The Balaban J connectivity index is 2.27. The molecule has 1 rings (SSSR count). The summed E-state index contributed by atoms with van der Waals surface area (Å²) >= 11 is 0. The predicted octanol–water partition coefficient (Wildman–Crippen LogP) is -0.685. The zero-order valence-electron chi connectivity index (χ0n) is 7.86. The third-order valence-electron chi connectivity index (χ3n) is 2.18. The normalized spacial score (nSPS) is 24.8. The van der Waals surface area contributed by atoms with Crippen LogP contribution in [0.3, 0.4) is 0 Å². The van der Waals surface area contributed by atoms with E-state index in [1.807, 2.05) is 0 Å². The van der Waals surface area contributed by atoms with Crippen molar-refractivity contribution < 1.29 is 9.00 Å². The largest absolute Gasteiger partial charge is 0.341 e. The molecular formula is C8H16N2O2S. The maximum Gasteiger partial charge on any atom is 0.223 e. The highest BCUT2D eigenvalue weighted by molar-refractivity contribution is 7.84. The maximum absolute atomic E-state index is 11.4. The van der Waals surface area contributed by atoms with Gasteiger partial charge < -0.3 is 10.6 Å². The van der Waals surface area contributed by atoms with E-state index in [1.165, 1.54) is 0 Å². The van der Waals surface area contributed by atoms with Gasteiger partial charge in [-0.1, -0.05) is 0 Å². The van der Waals surface area contributed by atoms with Gasteiger partial charge in [0.05, 0.1) is 0 Å². The summed E-state index contributed by atoms with van der Waals surface area (Å²) in [5.74, 6) is 0.549. The Morgan fingerprint density at radius 3 is 2.85 bits per heavy atom. The molecular weight excluding hydrogens is 188 g/mol. The molecule has 5 heteroatoms. The SMILES string of the molecule is CS(=O)CCC(=O)N1CCC(N)C1.